The lowest BCUT2D eigenvalue weighted by Crippen LogP contribution is -2.43. The highest BCUT2D eigenvalue weighted by Gasteiger charge is 2.56. The standard InChI is InChI=1S/C15H17N5O3S/c1-7-18-19-15(24-7)17-14(23)16-6-20-12(21)10-8-2-3-9(5-4-8)11(10)13(20)22/h2-3,8-11H,4-6H2,1H3,(H2,16,17,19,23). The summed E-state index contributed by atoms with van der Waals surface area (Å²) in [6.07, 6.45) is 6.06. The Hall–Kier alpha value is -2.29. The second-order valence-electron chi connectivity index (χ2n) is 6.36. The van der Waals surface area contributed by atoms with Gasteiger partial charge in [-0.05, 0) is 31.6 Å². The summed E-state index contributed by atoms with van der Waals surface area (Å²) < 4.78 is 0. The van der Waals surface area contributed by atoms with Crippen LogP contribution in [0.2, 0.25) is 0 Å². The summed E-state index contributed by atoms with van der Waals surface area (Å²) >= 11 is 1.25. The van der Waals surface area contributed by atoms with Crippen LogP contribution in [0.5, 0.6) is 0 Å². The number of carbonyl (C=O) groups is 3. The molecule has 9 heteroatoms. The molecule has 1 aromatic heterocycles. The zero-order valence-electron chi connectivity index (χ0n) is 13.1. The molecule has 4 atom stereocenters. The van der Waals surface area contributed by atoms with Crippen LogP contribution in [0.3, 0.4) is 0 Å². The first-order valence-corrected chi connectivity index (χ1v) is 8.75. The minimum absolute atomic E-state index is 0.117. The van der Waals surface area contributed by atoms with Gasteiger partial charge in [0.1, 0.15) is 11.7 Å². The van der Waals surface area contributed by atoms with Gasteiger partial charge in [-0.25, -0.2) is 4.79 Å². The molecule has 2 bridgehead atoms. The highest BCUT2D eigenvalue weighted by atomic mass is 32.1. The average molecular weight is 347 g/mol. The van der Waals surface area contributed by atoms with Crippen LogP contribution < -0.4 is 10.6 Å². The van der Waals surface area contributed by atoms with E-state index in [0.717, 1.165) is 17.8 Å². The zero-order valence-corrected chi connectivity index (χ0v) is 13.9. The number of nitrogens with zero attached hydrogens (tertiary/aromatic N) is 3. The summed E-state index contributed by atoms with van der Waals surface area (Å²) in [7, 11) is 0. The van der Waals surface area contributed by atoms with E-state index in [4.69, 9.17) is 0 Å². The molecule has 2 heterocycles. The minimum atomic E-state index is -0.511. The average Bonchev–Trinajstić information content (AvgIpc) is 3.10. The van der Waals surface area contributed by atoms with Gasteiger partial charge in [-0.2, -0.15) is 0 Å². The van der Waals surface area contributed by atoms with E-state index in [1.54, 1.807) is 6.92 Å². The lowest BCUT2D eigenvalue weighted by Gasteiger charge is -2.38. The fraction of sp³-hybridized carbons (Fsp3) is 0.533. The molecule has 5 rings (SSSR count). The van der Waals surface area contributed by atoms with Gasteiger partial charge in [0.25, 0.3) is 0 Å². The van der Waals surface area contributed by atoms with E-state index < -0.39 is 6.03 Å². The van der Waals surface area contributed by atoms with Gasteiger partial charge in [-0.15, -0.1) is 10.2 Å². The Morgan fingerprint density at radius 1 is 1.21 bits per heavy atom. The van der Waals surface area contributed by atoms with Gasteiger partial charge in [-0.1, -0.05) is 23.5 Å². The van der Waals surface area contributed by atoms with Crippen LogP contribution in [-0.4, -0.2) is 39.6 Å². The van der Waals surface area contributed by atoms with Crippen molar-refractivity contribution < 1.29 is 14.4 Å². The Morgan fingerprint density at radius 3 is 2.33 bits per heavy atom. The Kier molecular flexibility index (Phi) is 3.60. The van der Waals surface area contributed by atoms with Gasteiger partial charge >= 0.3 is 6.03 Å². The fourth-order valence-corrected chi connectivity index (χ4v) is 4.52. The van der Waals surface area contributed by atoms with E-state index >= 15 is 0 Å². The first-order chi connectivity index (χ1) is 11.5. The molecule has 0 spiro atoms. The molecule has 4 unspecified atom stereocenters. The van der Waals surface area contributed by atoms with Gasteiger partial charge < -0.3 is 5.32 Å². The molecule has 1 aliphatic heterocycles. The van der Waals surface area contributed by atoms with Crippen LogP contribution in [0.25, 0.3) is 0 Å². The molecule has 8 nitrogen and oxygen atoms in total. The smallest absolute Gasteiger partial charge is 0.320 e. The van der Waals surface area contributed by atoms with Crippen molar-refractivity contribution in [3.63, 3.8) is 0 Å². The molecular formula is C15H17N5O3S. The molecule has 1 saturated carbocycles. The van der Waals surface area contributed by atoms with E-state index in [-0.39, 0.29) is 42.2 Å². The normalized spacial score (nSPS) is 30.6. The van der Waals surface area contributed by atoms with Crippen molar-refractivity contribution in [2.75, 3.05) is 12.0 Å². The summed E-state index contributed by atoms with van der Waals surface area (Å²) in [6.45, 7) is 1.67. The van der Waals surface area contributed by atoms with E-state index in [1.165, 1.54) is 16.2 Å². The first-order valence-electron chi connectivity index (χ1n) is 7.93. The van der Waals surface area contributed by atoms with Crippen molar-refractivity contribution in [2.45, 2.75) is 19.8 Å². The number of nitrogens with one attached hydrogen (secondary N) is 2. The Morgan fingerprint density at radius 2 is 1.83 bits per heavy atom. The fourth-order valence-electron chi connectivity index (χ4n) is 3.93. The molecular weight excluding hydrogens is 330 g/mol. The van der Waals surface area contributed by atoms with Crippen LogP contribution in [0.15, 0.2) is 12.2 Å². The van der Waals surface area contributed by atoms with E-state index in [0.29, 0.717) is 5.13 Å². The van der Waals surface area contributed by atoms with Gasteiger partial charge in [-0.3, -0.25) is 19.8 Å². The molecule has 0 aromatic carbocycles. The molecule has 4 aliphatic rings. The maximum Gasteiger partial charge on any atom is 0.322 e. The number of carbonyl (C=O) groups excluding carboxylic acids is 3. The molecule has 3 aliphatic carbocycles. The number of rotatable bonds is 3. The number of imide groups is 1. The molecule has 2 fully saturated rings. The molecule has 1 saturated heterocycles. The van der Waals surface area contributed by atoms with Crippen LogP contribution in [0, 0.1) is 30.6 Å². The number of fused-ring (bicyclic) bond motifs is 1. The minimum Gasteiger partial charge on any atom is -0.320 e. The van der Waals surface area contributed by atoms with E-state index in [9.17, 15) is 14.4 Å². The number of hydrogen-bond donors (Lipinski definition) is 2. The van der Waals surface area contributed by atoms with E-state index in [1.807, 2.05) is 0 Å². The van der Waals surface area contributed by atoms with Crippen LogP contribution in [0.4, 0.5) is 9.93 Å². The number of amides is 4. The second-order valence-corrected chi connectivity index (χ2v) is 7.54. The monoisotopic (exact) mass is 347 g/mol. The van der Waals surface area contributed by atoms with Gasteiger partial charge in [0.2, 0.25) is 16.9 Å². The Balaban J connectivity index is 1.39. The van der Waals surface area contributed by atoms with Crippen molar-refractivity contribution >= 4 is 34.3 Å². The van der Waals surface area contributed by atoms with Crippen molar-refractivity contribution in [3.8, 4) is 0 Å². The largest absolute Gasteiger partial charge is 0.322 e. The topological polar surface area (TPSA) is 104 Å². The van der Waals surface area contributed by atoms with Crippen molar-refractivity contribution in [1.82, 2.24) is 20.4 Å². The van der Waals surface area contributed by atoms with E-state index in [2.05, 4.69) is 33.0 Å². The lowest BCUT2D eigenvalue weighted by atomic mass is 9.63. The maximum atomic E-state index is 12.6. The number of likely N-dealkylation sites (tertiary alicyclic amines) is 1. The quantitative estimate of drug-likeness (QED) is 0.630. The molecule has 4 amide bonds. The number of urea groups is 1. The summed E-state index contributed by atoms with van der Waals surface area (Å²) in [5.74, 6) is -0.541. The highest BCUT2D eigenvalue weighted by Crippen LogP contribution is 2.49. The second kappa shape index (κ2) is 5.66. The maximum absolute atomic E-state index is 12.6. The third kappa shape index (κ3) is 2.39. The zero-order chi connectivity index (χ0) is 16.8. The SMILES string of the molecule is Cc1nnc(NC(=O)NCN2C(=O)C3C4C=CC(CC4)C3C2=O)s1. The molecule has 2 N–H and O–H groups in total. The summed E-state index contributed by atoms with van der Waals surface area (Å²) in [4.78, 5) is 38.3. The number of allylic oxidation sites excluding steroid dienone is 2. The van der Waals surface area contributed by atoms with Crippen LogP contribution in [0.1, 0.15) is 17.8 Å². The highest BCUT2D eigenvalue weighted by molar-refractivity contribution is 7.15. The Labute approximate surface area is 142 Å². The van der Waals surface area contributed by atoms with Gasteiger partial charge in [0, 0.05) is 0 Å². The van der Waals surface area contributed by atoms with Gasteiger partial charge in [0.15, 0.2) is 0 Å². The third-order valence-electron chi connectivity index (χ3n) is 4.99. The summed E-state index contributed by atoms with van der Waals surface area (Å²) in [6, 6.07) is -0.511. The third-order valence-corrected chi connectivity index (χ3v) is 5.75. The predicted octanol–water partition coefficient (Wildman–Crippen LogP) is 1.12. The molecule has 0 radical (unpaired) electrons. The van der Waals surface area contributed by atoms with Crippen LogP contribution >= 0.6 is 11.3 Å². The Bertz CT molecular complexity index is 713. The number of aromatic nitrogens is 2. The number of hydrogen-bond acceptors (Lipinski definition) is 6. The first kappa shape index (κ1) is 15.3. The van der Waals surface area contributed by atoms with Crippen LogP contribution in [-0.2, 0) is 9.59 Å². The molecule has 126 valence electrons. The number of anilines is 1. The summed E-state index contributed by atoms with van der Waals surface area (Å²) in [5, 5.41) is 13.8. The van der Waals surface area contributed by atoms with Crippen molar-refractivity contribution in [2.24, 2.45) is 23.7 Å². The predicted molar refractivity (Wildman–Crippen MR) is 85.9 cm³/mol. The van der Waals surface area contributed by atoms with Crippen molar-refractivity contribution in [1.29, 1.82) is 0 Å². The molecule has 24 heavy (non-hydrogen) atoms. The molecule has 1 aromatic rings. The summed E-state index contributed by atoms with van der Waals surface area (Å²) in [5.41, 5.74) is 0. The van der Waals surface area contributed by atoms with Crippen molar-refractivity contribution in [3.05, 3.63) is 17.2 Å². The number of aryl methyl sites for hydroxylation is 1. The lowest BCUT2D eigenvalue weighted by molar-refractivity contribution is -0.140. The van der Waals surface area contributed by atoms with Gasteiger partial charge in [0.05, 0.1) is 11.8 Å².